The van der Waals surface area contributed by atoms with E-state index in [9.17, 15) is 12.8 Å². The van der Waals surface area contributed by atoms with Gasteiger partial charge >= 0.3 is 0 Å². The Morgan fingerprint density at radius 2 is 2.05 bits per heavy atom. The quantitative estimate of drug-likeness (QED) is 0.840. The van der Waals surface area contributed by atoms with Gasteiger partial charge in [-0.15, -0.1) is 12.4 Å². The number of hydrogen-bond acceptors (Lipinski definition) is 3. The molecule has 2 N–H and O–H groups in total. The molecule has 0 aliphatic carbocycles. The van der Waals surface area contributed by atoms with Gasteiger partial charge in [0.05, 0.1) is 0 Å². The number of likely N-dealkylation sites (N-methyl/N-ethyl adjacent to an activating group) is 1. The Hall–Kier alpha value is -0.400. The second-order valence-corrected chi connectivity index (χ2v) is 6.06. The molecular weight excluding hydrogens is 314 g/mol. The first-order chi connectivity index (χ1) is 8.36. The Morgan fingerprint density at radius 1 is 1.42 bits per heavy atom. The highest BCUT2D eigenvalue weighted by molar-refractivity contribution is 7.89. The maximum atomic E-state index is 13.5. The molecule has 4 nitrogen and oxygen atoms in total. The van der Waals surface area contributed by atoms with Gasteiger partial charge in [-0.25, -0.2) is 17.5 Å². The SMILES string of the molecule is CCN[C@H](C)CNS(=O)(=O)c1ccc(Cl)cc1F.Cl. The van der Waals surface area contributed by atoms with Gasteiger partial charge in [-0.05, 0) is 31.7 Å². The van der Waals surface area contributed by atoms with Gasteiger partial charge in [-0.2, -0.15) is 0 Å². The van der Waals surface area contributed by atoms with E-state index in [-0.39, 0.29) is 30.0 Å². The van der Waals surface area contributed by atoms with Crippen LogP contribution in [-0.2, 0) is 10.0 Å². The summed E-state index contributed by atoms with van der Waals surface area (Å²) >= 11 is 5.57. The van der Waals surface area contributed by atoms with Crippen molar-refractivity contribution in [1.82, 2.24) is 10.0 Å². The van der Waals surface area contributed by atoms with E-state index in [1.165, 1.54) is 6.07 Å². The zero-order valence-electron chi connectivity index (χ0n) is 10.6. The van der Waals surface area contributed by atoms with E-state index < -0.39 is 20.7 Å². The largest absolute Gasteiger partial charge is 0.313 e. The van der Waals surface area contributed by atoms with Crippen LogP contribution in [-0.4, -0.2) is 27.5 Å². The van der Waals surface area contributed by atoms with Crippen molar-refractivity contribution in [2.45, 2.75) is 24.8 Å². The molecule has 0 heterocycles. The average molecular weight is 331 g/mol. The Morgan fingerprint density at radius 3 is 2.58 bits per heavy atom. The molecular formula is C11H17Cl2FN2O2S. The van der Waals surface area contributed by atoms with Crippen LogP contribution in [0.5, 0.6) is 0 Å². The van der Waals surface area contributed by atoms with Gasteiger partial charge in [0.2, 0.25) is 10.0 Å². The summed E-state index contributed by atoms with van der Waals surface area (Å²) in [4.78, 5) is -0.393. The Labute approximate surface area is 124 Å². The molecule has 0 saturated heterocycles. The van der Waals surface area contributed by atoms with Crippen LogP contribution in [0.25, 0.3) is 0 Å². The van der Waals surface area contributed by atoms with Gasteiger partial charge in [-0.1, -0.05) is 18.5 Å². The topological polar surface area (TPSA) is 58.2 Å². The van der Waals surface area contributed by atoms with E-state index in [1.54, 1.807) is 0 Å². The fourth-order valence-corrected chi connectivity index (χ4v) is 2.77. The van der Waals surface area contributed by atoms with Crippen molar-refractivity contribution in [3.63, 3.8) is 0 Å². The first kappa shape index (κ1) is 18.6. The number of nitrogens with one attached hydrogen (secondary N) is 2. The molecule has 1 atom stereocenters. The number of sulfonamides is 1. The van der Waals surface area contributed by atoms with Crippen LogP contribution in [0.3, 0.4) is 0 Å². The van der Waals surface area contributed by atoms with Crippen molar-refractivity contribution in [3.05, 3.63) is 29.0 Å². The van der Waals surface area contributed by atoms with Crippen LogP contribution in [0.15, 0.2) is 23.1 Å². The summed E-state index contributed by atoms with van der Waals surface area (Å²) in [6.45, 7) is 4.69. The zero-order chi connectivity index (χ0) is 13.8. The maximum absolute atomic E-state index is 13.5. The molecule has 0 saturated carbocycles. The Balaban J connectivity index is 0.00000324. The highest BCUT2D eigenvalue weighted by Crippen LogP contribution is 2.18. The van der Waals surface area contributed by atoms with E-state index >= 15 is 0 Å². The summed E-state index contributed by atoms with van der Waals surface area (Å²) in [5.41, 5.74) is 0. The van der Waals surface area contributed by atoms with Crippen molar-refractivity contribution in [1.29, 1.82) is 0 Å². The van der Waals surface area contributed by atoms with Gasteiger partial charge in [0.1, 0.15) is 10.7 Å². The molecule has 0 fully saturated rings. The van der Waals surface area contributed by atoms with Crippen LogP contribution in [0, 0.1) is 5.82 Å². The molecule has 1 aromatic carbocycles. The minimum atomic E-state index is -3.84. The number of hydrogen-bond donors (Lipinski definition) is 2. The number of benzene rings is 1. The molecule has 0 radical (unpaired) electrons. The van der Waals surface area contributed by atoms with E-state index in [2.05, 4.69) is 10.0 Å². The third kappa shape index (κ3) is 5.62. The molecule has 1 aromatic rings. The molecule has 0 aromatic heterocycles. The lowest BCUT2D eigenvalue weighted by Gasteiger charge is -2.13. The number of rotatable bonds is 6. The molecule has 0 aliphatic heterocycles. The van der Waals surface area contributed by atoms with Crippen LogP contribution in [0.1, 0.15) is 13.8 Å². The average Bonchev–Trinajstić information content (AvgIpc) is 2.26. The monoisotopic (exact) mass is 330 g/mol. The van der Waals surface area contributed by atoms with Crippen LogP contribution >= 0.6 is 24.0 Å². The van der Waals surface area contributed by atoms with E-state index in [4.69, 9.17) is 11.6 Å². The first-order valence-electron chi connectivity index (χ1n) is 5.55. The van der Waals surface area contributed by atoms with E-state index in [0.717, 1.165) is 18.7 Å². The van der Waals surface area contributed by atoms with Crippen molar-refractivity contribution in [2.75, 3.05) is 13.1 Å². The van der Waals surface area contributed by atoms with E-state index in [0.29, 0.717) is 0 Å². The summed E-state index contributed by atoms with van der Waals surface area (Å²) in [7, 11) is -3.84. The zero-order valence-corrected chi connectivity index (χ0v) is 13.0. The minimum Gasteiger partial charge on any atom is -0.313 e. The van der Waals surface area contributed by atoms with Crippen LogP contribution < -0.4 is 10.0 Å². The lowest BCUT2D eigenvalue weighted by Crippen LogP contribution is -2.39. The molecule has 1 rings (SSSR count). The maximum Gasteiger partial charge on any atom is 0.243 e. The molecule has 0 unspecified atom stereocenters. The summed E-state index contributed by atoms with van der Waals surface area (Å²) < 4.78 is 39.5. The summed E-state index contributed by atoms with van der Waals surface area (Å²) in [6, 6.07) is 3.44. The molecule has 110 valence electrons. The normalized spacial score (nSPS) is 12.8. The first-order valence-corrected chi connectivity index (χ1v) is 7.41. The predicted octanol–water partition coefficient (Wildman–Crippen LogP) is 2.18. The smallest absolute Gasteiger partial charge is 0.243 e. The summed E-state index contributed by atoms with van der Waals surface area (Å²) in [5, 5.41) is 3.21. The van der Waals surface area contributed by atoms with E-state index in [1.807, 2.05) is 13.8 Å². The van der Waals surface area contributed by atoms with Gasteiger partial charge in [0, 0.05) is 17.6 Å². The lowest BCUT2D eigenvalue weighted by molar-refractivity contribution is 0.528. The highest BCUT2D eigenvalue weighted by atomic mass is 35.5. The number of halogens is 3. The second-order valence-electron chi connectivity index (χ2n) is 3.89. The van der Waals surface area contributed by atoms with Gasteiger partial charge < -0.3 is 5.32 Å². The van der Waals surface area contributed by atoms with Crippen molar-refractivity contribution in [2.24, 2.45) is 0 Å². The molecule has 8 heteroatoms. The molecule has 0 aliphatic rings. The Bertz CT molecular complexity index is 511. The molecule has 0 spiro atoms. The highest BCUT2D eigenvalue weighted by Gasteiger charge is 2.19. The summed E-state index contributed by atoms with van der Waals surface area (Å²) in [6.07, 6.45) is 0. The molecule has 0 bridgehead atoms. The van der Waals surface area contributed by atoms with Gasteiger partial charge in [0.15, 0.2) is 0 Å². The van der Waals surface area contributed by atoms with Crippen LogP contribution in [0.4, 0.5) is 4.39 Å². The van der Waals surface area contributed by atoms with Crippen LogP contribution in [0.2, 0.25) is 5.02 Å². The molecule has 19 heavy (non-hydrogen) atoms. The Kier molecular flexibility index (Phi) is 7.85. The third-order valence-electron chi connectivity index (χ3n) is 2.32. The minimum absolute atomic E-state index is 0. The molecule has 0 amide bonds. The predicted molar refractivity (Wildman–Crippen MR) is 77.0 cm³/mol. The van der Waals surface area contributed by atoms with Crippen molar-refractivity contribution >= 4 is 34.0 Å². The fourth-order valence-electron chi connectivity index (χ4n) is 1.43. The fraction of sp³-hybridized carbons (Fsp3) is 0.455. The van der Waals surface area contributed by atoms with Gasteiger partial charge in [-0.3, -0.25) is 0 Å². The third-order valence-corrected chi connectivity index (χ3v) is 4.01. The summed E-state index contributed by atoms with van der Waals surface area (Å²) in [5.74, 6) is -0.855. The van der Waals surface area contributed by atoms with Gasteiger partial charge in [0.25, 0.3) is 0 Å². The van der Waals surface area contributed by atoms with Crippen molar-refractivity contribution in [3.8, 4) is 0 Å². The standard InChI is InChI=1S/C11H16ClFN2O2S.ClH/c1-3-14-8(2)7-15-18(16,17)11-5-4-9(12)6-10(11)13;/h4-6,8,14-15H,3,7H2,1-2H3;1H/t8-;/m1./s1. The van der Waals surface area contributed by atoms with Crippen molar-refractivity contribution < 1.29 is 12.8 Å². The second kappa shape index (κ2) is 8.01. The lowest BCUT2D eigenvalue weighted by atomic mass is 10.3.